The van der Waals surface area contributed by atoms with Gasteiger partial charge in [-0.3, -0.25) is 9.48 Å². The van der Waals surface area contributed by atoms with Crippen molar-refractivity contribution >= 4 is 36.4 Å². The minimum Gasteiger partial charge on any atom is -0.371 e. The summed E-state index contributed by atoms with van der Waals surface area (Å²) in [6, 6.07) is 10.8. The Kier molecular flexibility index (Phi) is 8.60. The third-order valence-corrected chi connectivity index (χ3v) is 5.36. The number of aromatic nitrogens is 2. The summed E-state index contributed by atoms with van der Waals surface area (Å²) in [4.78, 5) is 14.7. The quantitative estimate of drug-likeness (QED) is 0.698. The van der Waals surface area contributed by atoms with Crippen molar-refractivity contribution in [1.82, 2.24) is 20.4 Å². The van der Waals surface area contributed by atoms with Crippen LogP contribution in [-0.2, 0) is 6.42 Å². The van der Waals surface area contributed by atoms with Gasteiger partial charge in [0.05, 0.1) is 6.04 Å². The highest BCUT2D eigenvalue weighted by atomic mass is 35.5. The summed E-state index contributed by atoms with van der Waals surface area (Å²) in [5.41, 5.74) is 3.29. The van der Waals surface area contributed by atoms with E-state index in [1.165, 1.54) is 11.3 Å². The molecule has 0 radical (unpaired) electrons. The lowest BCUT2D eigenvalue weighted by molar-refractivity contribution is 0.0947. The molecule has 1 unspecified atom stereocenters. The zero-order chi connectivity index (χ0) is 17.8. The first-order valence-corrected chi connectivity index (χ1v) is 9.68. The number of nitrogens with one attached hydrogen (secondary N) is 2. The number of fused-ring (bicyclic) bond motifs is 1. The lowest BCUT2D eigenvalue weighted by Gasteiger charge is -2.22. The first-order valence-electron chi connectivity index (χ1n) is 9.68. The van der Waals surface area contributed by atoms with Crippen LogP contribution in [0, 0.1) is 0 Å². The third kappa shape index (κ3) is 5.19. The molecule has 2 aromatic rings. The fraction of sp³-hybridized carbons (Fsp3) is 0.500. The molecule has 28 heavy (non-hydrogen) atoms. The molecule has 1 aromatic carbocycles. The van der Waals surface area contributed by atoms with Crippen LogP contribution in [0.25, 0.3) is 0 Å². The normalized spacial score (nSPS) is 18.0. The molecule has 0 saturated carbocycles. The standard InChI is InChI=1S/C20H27N5O.2ClH/c26-20(18-9-14-25(23-18)17-6-3-10-21-15-17)22-11-4-12-24-13-8-16-5-1-2-7-19(16)24;;/h1-2,5,7,9,14,17,21H,3-4,6,8,10-13,15H2,(H,22,26);2*1H. The van der Waals surface area contributed by atoms with E-state index in [2.05, 4.69) is 44.9 Å². The van der Waals surface area contributed by atoms with Crippen LogP contribution in [0.4, 0.5) is 5.69 Å². The zero-order valence-corrected chi connectivity index (χ0v) is 17.6. The minimum absolute atomic E-state index is 0. The smallest absolute Gasteiger partial charge is 0.271 e. The minimum atomic E-state index is -0.0747. The number of carbonyl (C=O) groups excluding carboxylic acids is 1. The van der Waals surface area contributed by atoms with Crippen LogP contribution in [0.5, 0.6) is 0 Å². The highest BCUT2D eigenvalue weighted by Gasteiger charge is 2.19. The second kappa shape index (κ2) is 10.7. The van der Waals surface area contributed by atoms with Crippen LogP contribution < -0.4 is 15.5 Å². The molecule has 0 aliphatic carbocycles. The monoisotopic (exact) mass is 425 g/mol. The molecular formula is C20H29Cl2N5O. The van der Waals surface area contributed by atoms with Crippen molar-refractivity contribution in [3.05, 3.63) is 47.8 Å². The number of para-hydroxylation sites is 1. The van der Waals surface area contributed by atoms with Crippen LogP contribution in [0.2, 0.25) is 0 Å². The SMILES string of the molecule is Cl.Cl.O=C(NCCCN1CCc2ccccc21)c1ccn(C2CCCNC2)n1. The summed E-state index contributed by atoms with van der Waals surface area (Å²) in [7, 11) is 0. The van der Waals surface area contributed by atoms with Crippen LogP contribution >= 0.6 is 24.8 Å². The number of hydrogen-bond donors (Lipinski definition) is 2. The van der Waals surface area contributed by atoms with Gasteiger partial charge in [0.1, 0.15) is 5.69 Å². The van der Waals surface area contributed by atoms with Crippen LogP contribution in [0.15, 0.2) is 36.5 Å². The van der Waals surface area contributed by atoms with Gasteiger partial charge in [0.25, 0.3) is 5.91 Å². The van der Waals surface area contributed by atoms with E-state index >= 15 is 0 Å². The van der Waals surface area contributed by atoms with Crippen LogP contribution in [0.3, 0.4) is 0 Å². The second-order valence-electron chi connectivity index (χ2n) is 7.16. The molecule has 2 N–H and O–H groups in total. The molecular weight excluding hydrogens is 397 g/mol. The van der Waals surface area contributed by atoms with E-state index in [4.69, 9.17) is 0 Å². The van der Waals surface area contributed by atoms with Gasteiger partial charge in [-0.15, -0.1) is 24.8 Å². The maximum absolute atomic E-state index is 12.3. The number of piperidine rings is 1. The molecule has 8 heteroatoms. The molecule has 1 saturated heterocycles. The summed E-state index contributed by atoms with van der Waals surface area (Å²) in [6.45, 7) is 4.73. The first-order chi connectivity index (χ1) is 12.8. The number of halogens is 2. The summed E-state index contributed by atoms with van der Waals surface area (Å²) >= 11 is 0. The molecule has 0 bridgehead atoms. The van der Waals surface area contributed by atoms with Crippen LogP contribution in [0.1, 0.15) is 41.4 Å². The predicted octanol–water partition coefficient (Wildman–Crippen LogP) is 2.83. The Balaban J connectivity index is 0.00000140. The highest BCUT2D eigenvalue weighted by Crippen LogP contribution is 2.27. The van der Waals surface area contributed by atoms with E-state index in [1.54, 1.807) is 0 Å². The first kappa shape index (κ1) is 22.5. The Morgan fingerprint density at radius 3 is 2.93 bits per heavy atom. The van der Waals surface area contributed by atoms with Crippen molar-refractivity contribution in [3.8, 4) is 0 Å². The van der Waals surface area contributed by atoms with E-state index in [0.29, 0.717) is 18.3 Å². The number of amides is 1. The summed E-state index contributed by atoms with van der Waals surface area (Å²) < 4.78 is 1.93. The summed E-state index contributed by atoms with van der Waals surface area (Å²) in [5, 5.41) is 10.9. The van der Waals surface area contributed by atoms with Gasteiger partial charge in [-0.2, -0.15) is 5.10 Å². The van der Waals surface area contributed by atoms with Crippen molar-refractivity contribution in [1.29, 1.82) is 0 Å². The Morgan fingerprint density at radius 1 is 1.25 bits per heavy atom. The topological polar surface area (TPSA) is 62.2 Å². The van der Waals surface area contributed by atoms with Gasteiger partial charge < -0.3 is 15.5 Å². The molecule has 6 nitrogen and oxygen atoms in total. The van der Waals surface area contributed by atoms with Crippen molar-refractivity contribution < 1.29 is 4.79 Å². The predicted molar refractivity (Wildman–Crippen MR) is 117 cm³/mol. The van der Waals surface area contributed by atoms with E-state index in [0.717, 1.165) is 51.9 Å². The van der Waals surface area contributed by atoms with Gasteiger partial charge in [-0.1, -0.05) is 18.2 Å². The van der Waals surface area contributed by atoms with E-state index in [-0.39, 0.29) is 30.7 Å². The molecule has 154 valence electrons. The zero-order valence-electron chi connectivity index (χ0n) is 16.0. The Morgan fingerprint density at radius 2 is 2.11 bits per heavy atom. The van der Waals surface area contributed by atoms with Gasteiger partial charge in [0, 0.05) is 38.1 Å². The molecule has 2 aliphatic heterocycles. The highest BCUT2D eigenvalue weighted by molar-refractivity contribution is 5.92. The summed E-state index contributed by atoms with van der Waals surface area (Å²) in [6.07, 6.45) is 6.26. The molecule has 1 aromatic heterocycles. The van der Waals surface area contributed by atoms with E-state index in [9.17, 15) is 4.79 Å². The largest absolute Gasteiger partial charge is 0.371 e. The summed E-state index contributed by atoms with van der Waals surface area (Å²) in [5.74, 6) is -0.0747. The number of anilines is 1. The fourth-order valence-electron chi connectivity index (χ4n) is 3.92. The Labute approximate surface area is 178 Å². The van der Waals surface area contributed by atoms with E-state index in [1.807, 2.05) is 16.9 Å². The molecule has 4 rings (SSSR count). The van der Waals surface area contributed by atoms with Gasteiger partial charge in [0.2, 0.25) is 0 Å². The fourth-order valence-corrected chi connectivity index (χ4v) is 3.92. The number of carbonyl (C=O) groups is 1. The Hall–Kier alpha value is -1.76. The molecule has 1 atom stereocenters. The average Bonchev–Trinajstić information content (AvgIpc) is 3.33. The lowest BCUT2D eigenvalue weighted by Crippen LogP contribution is -2.32. The number of rotatable bonds is 6. The maximum atomic E-state index is 12.3. The molecule has 2 aliphatic rings. The molecule has 3 heterocycles. The third-order valence-electron chi connectivity index (χ3n) is 5.36. The average molecular weight is 426 g/mol. The lowest BCUT2D eigenvalue weighted by atomic mass is 10.1. The maximum Gasteiger partial charge on any atom is 0.271 e. The van der Waals surface area contributed by atoms with Crippen molar-refractivity contribution in [2.45, 2.75) is 31.7 Å². The van der Waals surface area contributed by atoms with Gasteiger partial charge in [0.15, 0.2) is 0 Å². The van der Waals surface area contributed by atoms with Crippen LogP contribution in [-0.4, -0.2) is 48.4 Å². The van der Waals surface area contributed by atoms with Gasteiger partial charge in [-0.25, -0.2) is 0 Å². The van der Waals surface area contributed by atoms with Gasteiger partial charge in [-0.05, 0) is 49.9 Å². The second-order valence-corrected chi connectivity index (χ2v) is 7.16. The van der Waals surface area contributed by atoms with Gasteiger partial charge >= 0.3 is 0 Å². The molecule has 0 spiro atoms. The van der Waals surface area contributed by atoms with Crippen molar-refractivity contribution in [2.24, 2.45) is 0 Å². The molecule has 1 amide bonds. The molecule has 1 fully saturated rings. The van der Waals surface area contributed by atoms with E-state index < -0.39 is 0 Å². The van der Waals surface area contributed by atoms with Crippen molar-refractivity contribution in [2.75, 3.05) is 37.6 Å². The number of hydrogen-bond acceptors (Lipinski definition) is 4. The number of benzene rings is 1. The Bertz CT molecular complexity index is 761. The number of nitrogens with zero attached hydrogens (tertiary/aromatic N) is 3. The van der Waals surface area contributed by atoms with Crippen molar-refractivity contribution in [3.63, 3.8) is 0 Å².